The minimum Gasteiger partial charge on any atom is -0.465 e. The molecule has 1 saturated heterocycles. The number of hydrogen-bond acceptors (Lipinski definition) is 5. The van der Waals surface area contributed by atoms with Crippen molar-refractivity contribution in [3.8, 4) is 0 Å². The van der Waals surface area contributed by atoms with Crippen LogP contribution in [0.1, 0.15) is 43.0 Å². The van der Waals surface area contributed by atoms with Crippen LogP contribution in [0.5, 0.6) is 0 Å². The van der Waals surface area contributed by atoms with Crippen molar-refractivity contribution in [2.24, 2.45) is 5.73 Å². The number of methoxy groups -OCH3 is 1. The molecule has 1 fully saturated rings. The number of amides is 1. The summed E-state index contributed by atoms with van der Waals surface area (Å²) in [7, 11) is 1.37. The molecule has 1 aromatic carbocycles. The number of carbonyl (C=O) groups is 2. The summed E-state index contributed by atoms with van der Waals surface area (Å²) < 4.78 is 4.74. The molecule has 3 N–H and O–H groups in total. The first-order valence-corrected chi connectivity index (χ1v) is 8.54. The van der Waals surface area contributed by atoms with Crippen LogP contribution in [0.15, 0.2) is 24.3 Å². The van der Waals surface area contributed by atoms with E-state index in [0.717, 1.165) is 31.4 Å². The van der Waals surface area contributed by atoms with Crippen molar-refractivity contribution >= 4 is 17.6 Å². The minimum atomic E-state index is -0.378. The lowest BCUT2D eigenvalue weighted by molar-refractivity contribution is -0.133. The second kappa shape index (κ2) is 8.68. The largest absolute Gasteiger partial charge is 0.465 e. The highest BCUT2D eigenvalue weighted by atomic mass is 16.5. The Labute approximate surface area is 143 Å². The van der Waals surface area contributed by atoms with E-state index in [0.29, 0.717) is 18.7 Å². The number of likely N-dealkylation sites (tertiary alicyclic amines) is 1. The quantitative estimate of drug-likeness (QED) is 0.778. The molecule has 1 atom stereocenters. The van der Waals surface area contributed by atoms with Crippen LogP contribution in [0.3, 0.4) is 0 Å². The van der Waals surface area contributed by atoms with Crippen molar-refractivity contribution < 1.29 is 14.3 Å². The molecule has 0 bridgehead atoms. The molecule has 132 valence electrons. The van der Waals surface area contributed by atoms with Gasteiger partial charge in [-0.15, -0.1) is 0 Å². The fraction of sp³-hybridized carbons (Fsp3) is 0.556. The standard InChI is InChI=1S/C18H27N3O3/c1-3-5-16(19)17(22)21-10-8-14(9-11-21)20-15-7-4-6-13(12-15)18(23)24-2/h4,6-7,12,14,16,20H,3,5,8-11,19H2,1-2H3. The van der Waals surface area contributed by atoms with Crippen LogP contribution >= 0.6 is 0 Å². The Hall–Kier alpha value is -2.08. The van der Waals surface area contributed by atoms with E-state index in [2.05, 4.69) is 5.32 Å². The third-order valence-corrected chi connectivity index (χ3v) is 4.38. The lowest BCUT2D eigenvalue weighted by atomic mass is 10.0. The number of anilines is 1. The first-order chi connectivity index (χ1) is 11.5. The zero-order valence-electron chi connectivity index (χ0n) is 14.5. The van der Waals surface area contributed by atoms with Crippen molar-refractivity contribution in [3.63, 3.8) is 0 Å². The number of esters is 1. The summed E-state index contributed by atoms with van der Waals surface area (Å²) in [5, 5.41) is 3.44. The fourth-order valence-corrected chi connectivity index (χ4v) is 3.00. The van der Waals surface area contributed by atoms with Gasteiger partial charge >= 0.3 is 5.97 Å². The van der Waals surface area contributed by atoms with Gasteiger partial charge in [0.25, 0.3) is 0 Å². The van der Waals surface area contributed by atoms with Crippen LogP contribution in [-0.2, 0) is 9.53 Å². The molecular formula is C18H27N3O3. The highest BCUT2D eigenvalue weighted by molar-refractivity contribution is 5.90. The van der Waals surface area contributed by atoms with Crippen LogP contribution in [0.4, 0.5) is 5.69 Å². The molecule has 0 aliphatic carbocycles. The molecule has 24 heavy (non-hydrogen) atoms. The number of ether oxygens (including phenoxy) is 1. The molecule has 1 aliphatic heterocycles. The average Bonchev–Trinajstić information content (AvgIpc) is 2.61. The van der Waals surface area contributed by atoms with Crippen LogP contribution in [0.25, 0.3) is 0 Å². The lowest BCUT2D eigenvalue weighted by Crippen LogP contribution is -2.48. The molecule has 0 radical (unpaired) electrons. The molecule has 1 amide bonds. The van der Waals surface area contributed by atoms with Gasteiger partial charge in [0.05, 0.1) is 18.7 Å². The lowest BCUT2D eigenvalue weighted by Gasteiger charge is -2.34. The van der Waals surface area contributed by atoms with Crippen molar-refractivity contribution in [2.75, 3.05) is 25.5 Å². The molecule has 1 aromatic rings. The number of nitrogens with one attached hydrogen (secondary N) is 1. The maximum Gasteiger partial charge on any atom is 0.337 e. The second-order valence-electron chi connectivity index (χ2n) is 6.21. The Morgan fingerprint density at radius 2 is 2.08 bits per heavy atom. The van der Waals surface area contributed by atoms with Gasteiger partial charge in [0.15, 0.2) is 0 Å². The molecule has 6 heteroatoms. The van der Waals surface area contributed by atoms with Gasteiger partial charge in [-0.2, -0.15) is 0 Å². The van der Waals surface area contributed by atoms with Gasteiger partial charge in [0, 0.05) is 24.8 Å². The zero-order chi connectivity index (χ0) is 17.5. The van der Waals surface area contributed by atoms with E-state index in [1.807, 2.05) is 24.0 Å². The monoisotopic (exact) mass is 333 g/mol. The highest BCUT2D eigenvalue weighted by Gasteiger charge is 2.25. The molecule has 0 aromatic heterocycles. The Balaban J connectivity index is 1.87. The van der Waals surface area contributed by atoms with Crippen molar-refractivity contribution in [2.45, 2.75) is 44.7 Å². The first-order valence-electron chi connectivity index (χ1n) is 8.54. The van der Waals surface area contributed by atoms with E-state index in [9.17, 15) is 9.59 Å². The summed E-state index contributed by atoms with van der Waals surface area (Å²) in [6, 6.07) is 7.19. The van der Waals surface area contributed by atoms with Gasteiger partial charge in [-0.1, -0.05) is 19.4 Å². The number of nitrogens with zero attached hydrogens (tertiary/aromatic N) is 1. The van der Waals surface area contributed by atoms with Gasteiger partial charge in [0.2, 0.25) is 5.91 Å². The number of hydrogen-bond donors (Lipinski definition) is 2. The van der Waals surface area contributed by atoms with Crippen LogP contribution < -0.4 is 11.1 Å². The smallest absolute Gasteiger partial charge is 0.337 e. The second-order valence-corrected chi connectivity index (χ2v) is 6.21. The van der Waals surface area contributed by atoms with Crippen molar-refractivity contribution in [1.29, 1.82) is 0 Å². The molecule has 2 rings (SSSR count). The number of nitrogens with two attached hydrogens (primary N) is 1. The van der Waals surface area contributed by atoms with Crippen LogP contribution in [0.2, 0.25) is 0 Å². The van der Waals surface area contributed by atoms with Gasteiger partial charge in [-0.25, -0.2) is 4.79 Å². The van der Waals surface area contributed by atoms with E-state index in [-0.39, 0.29) is 24.0 Å². The molecule has 1 aliphatic rings. The van der Waals surface area contributed by atoms with Crippen molar-refractivity contribution in [1.82, 2.24) is 4.90 Å². The molecular weight excluding hydrogens is 306 g/mol. The Morgan fingerprint density at radius 1 is 1.38 bits per heavy atom. The summed E-state index contributed by atoms with van der Waals surface area (Å²) in [4.78, 5) is 25.7. The Bertz CT molecular complexity index is 568. The predicted octanol–water partition coefficient (Wildman–Crippen LogP) is 2.00. The van der Waals surface area contributed by atoms with E-state index < -0.39 is 0 Å². The maximum absolute atomic E-state index is 12.2. The highest BCUT2D eigenvalue weighted by Crippen LogP contribution is 2.19. The van der Waals surface area contributed by atoms with E-state index >= 15 is 0 Å². The number of piperidine rings is 1. The van der Waals surface area contributed by atoms with Crippen molar-refractivity contribution in [3.05, 3.63) is 29.8 Å². The average molecular weight is 333 g/mol. The zero-order valence-corrected chi connectivity index (χ0v) is 14.5. The first kappa shape index (κ1) is 18.3. The third kappa shape index (κ3) is 4.71. The normalized spacial score (nSPS) is 16.5. The van der Waals surface area contributed by atoms with E-state index in [4.69, 9.17) is 10.5 Å². The third-order valence-electron chi connectivity index (χ3n) is 4.38. The molecule has 0 saturated carbocycles. The molecule has 6 nitrogen and oxygen atoms in total. The van der Waals surface area contributed by atoms with Gasteiger partial charge in [-0.3, -0.25) is 4.79 Å². The fourth-order valence-electron chi connectivity index (χ4n) is 3.00. The summed E-state index contributed by atoms with van der Waals surface area (Å²) in [5.74, 6) is -0.285. The van der Waals surface area contributed by atoms with Gasteiger partial charge in [-0.05, 0) is 37.5 Å². The molecule has 1 heterocycles. The topological polar surface area (TPSA) is 84.7 Å². The number of benzene rings is 1. The molecule has 0 spiro atoms. The summed E-state index contributed by atoms with van der Waals surface area (Å²) in [5.41, 5.74) is 7.35. The minimum absolute atomic E-state index is 0.0583. The SMILES string of the molecule is CCCC(N)C(=O)N1CCC(Nc2cccc(C(=O)OC)c2)CC1. The number of rotatable bonds is 6. The van der Waals surface area contributed by atoms with Crippen LogP contribution in [0, 0.1) is 0 Å². The predicted molar refractivity (Wildman–Crippen MR) is 93.9 cm³/mol. The summed E-state index contributed by atoms with van der Waals surface area (Å²) in [6.45, 7) is 3.46. The van der Waals surface area contributed by atoms with E-state index in [1.165, 1.54) is 7.11 Å². The maximum atomic E-state index is 12.2. The van der Waals surface area contributed by atoms with Gasteiger partial charge in [0.1, 0.15) is 0 Å². The van der Waals surface area contributed by atoms with Crippen LogP contribution in [-0.4, -0.2) is 49.1 Å². The Kier molecular flexibility index (Phi) is 6.61. The summed E-state index contributed by atoms with van der Waals surface area (Å²) >= 11 is 0. The number of carbonyl (C=O) groups excluding carboxylic acids is 2. The molecule has 1 unspecified atom stereocenters. The Morgan fingerprint density at radius 3 is 2.71 bits per heavy atom. The van der Waals surface area contributed by atoms with Gasteiger partial charge < -0.3 is 20.7 Å². The summed E-state index contributed by atoms with van der Waals surface area (Å²) in [6.07, 6.45) is 3.39. The van der Waals surface area contributed by atoms with E-state index in [1.54, 1.807) is 12.1 Å².